The summed E-state index contributed by atoms with van der Waals surface area (Å²) >= 11 is 6.08. The van der Waals surface area contributed by atoms with Gasteiger partial charge in [-0.3, -0.25) is 19.7 Å². The highest BCUT2D eigenvalue weighted by atomic mass is 35.5. The van der Waals surface area contributed by atoms with Crippen LogP contribution in [0.2, 0.25) is 5.02 Å². The van der Waals surface area contributed by atoms with Crippen LogP contribution in [0.25, 0.3) is 0 Å². The zero-order valence-corrected chi connectivity index (χ0v) is 20.1. The van der Waals surface area contributed by atoms with Crippen LogP contribution in [0.1, 0.15) is 57.5 Å². The number of nitrogens with zero attached hydrogens (tertiary/aromatic N) is 4. The van der Waals surface area contributed by atoms with Crippen molar-refractivity contribution in [2.75, 3.05) is 0 Å². The fourth-order valence-corrected chi connectivity index (χ4v) is 4.83. The number of benzene rings is 1. The Morgan fingerprint density at radius 2 is 1.91 bits per heavy atom. The number of aromatic amines is 1. The van der Waals surface area contributed by atoms with E-state index in [9.17, 15) is 4.79 Å². The molecule has 1 amide bonds. The van der Waals surface area contributed by atoms with Crippen molar-refractivity contribution < 1.29 is 4.79 Å². The molecule has 1 unspecified atom stereocenters. The van der Waals surface area contributed by atoms with E-state index >= 15 is 0 Å². The van der Waals surface area contributed by atoms with E-state index in [0.717, 1.165) is 43.7 Å². The van der Waals surface area contributed by atoms with Gasteiger partial charge in [0.25, 0.3) is 5.91 Å². The minimum absolute atomic E-state index is 0.213. The van der Waals surface area contributed by atoms with Crippen LogP contribution < -0.4 is 5.32 Å². The fourth-order valence-electron chi connectivity index (χ4n) is 4.63. The number of pyridine rings is 2. The molecule has 0 saturated carbocycles. The molecule has 1 atom stereocenters. The average Bonchev–Trinajstić information content (AvgIpc) is 3.41. The van der Waals surface area contributed by atoms with Crippen LogP contribution in [-0.2, 0) is 26.1 Å². The smallest absolute Gasteiger partial charge is 0.253 e. The number of hydrogen-bond acceptors (Lipinski definition) is 5. The van der Waals surface area contributed by atoms with Gasteiger partial charge in [0.15, 0.2) is 0 Å². The van der Waals surface area contributed by atoms with Gasteiger partial charge in [-0.05, 0) is 48.1 Å². The molecule has 7 nitrogen and oxygen atoms in total. The largest absolute Gasteiger partial charge is 0.348 e. The Morgan fingerprint density at radius 3 is 2.71 bits per heavy atom. The third kappa shape index (κ3) is 5.58. The fraction of sp³-hybridized carbons (Fsp3) is 0.259. The number of nitrogens with one attached hydrogen (secondary N) is 2. The molecule has 0 aliphatic heterocycles. The van der Waals surface area contributed by atoms with Gasteiger partial charge in [-0.15, -0.1) is 0 Å². The van der Waals surface area contributed by atoms with Gasteiger partial charge in [0.05, 0.1) is 28.9 Å². The second-order valence-electron chi connectivity index (χ2n) is 8.75. The number of H-pyrrole nitrogens is 1. The quantitative estimate of drug-likeness (QED) is 0.371. The number of aryl methyl sites for hydroxylation is 1. The highest BCUT2D eigenvalue weighted by Gasteiger charge is 2.27. The summed E-state index contributed by atoms with van der Waals surface area (Å²) in [6.45, 7) is 1.92. The zero-order chi connectivity index (χ0) is 24.0. The van der Waals surface area contributed by atoms with Crippen LogP contribution in [0.5, 0.6) is 0 Å². The lowest BCUT2D eigenvalue weighted by Crippen LogP contribution is -2.31. The number of amides is 1. The van der Waals surface area contributed by atoms with Crippen LogP contribution in [0, 0.1) is 0 Å². The third-order valence-corrected chi connectivity index (χ3v) is 6.69. The predicted molar refractivity (Wildman–Crippen MR) is 135 cm³/mol. The van der Waals surface area contributed by atoms with Gasteiger partial charge in [-0.25, -0.2) is 4.98 Å². The van der Waals surface area contributed by atoms with Crippen LogP contribution in [0.15, 0.2) is 73.4 Å². The maximum Gasteiger partial charge on any atom is 0.253 e. The van der Waals surface area contributed by atoms with Gasteiger partial charge in [0.1, 0.15) is 5.82 Å². The first kappa shape index (κ1) is 23.2. The van der Waals surface area contributed by atoms with Gasteiger partial charge in [0.2, 0.25) is 0 Å². The second kappa shape index (κ2) is 10.8. The molecule has 0 fully saturated rings. The number of carbonyl (C=O) groups excluding carboxylic acids is 1. The lowest BCUT2D eigenvalue weighted by Gasteiger charge is -2.34. The van der Waals surface area contributed by atoms with E-state index in [1.165, 1.54) is 23.0 Å². The van der Waals surface area contributed by atoms with Crippen molar-refractivity contribution in [1.29, 1.82) is 0 Å². The standard InChI is InChI=1S/C27H27ClN6O/c28-23-16-29-12-10-22(23)27(35)33-15-19-6-8-20(9-7-19)17-34(18-25-30-13-14-31-25)24-5-1-3-21-4-2-11-32-26(21)24/h2,4,6-14,16,24H,1,3,5,15,17-18H2,(H,30,31)(H,33,35). The van der Waals surface area contributed by atoms with Crippen molar-refractivity contribution in [2.24, 2.45) is 0 Å². The number of fused-ring (bicyclic) bond motifs is 1. The number of hydrogen-bond donors (Lipinski definition) is 2. The van der Waals surface area contributed by atoms with Crippen LogP contribution in [-0.4, -0.2) is 30.7 Å². The minimum Gasteiger partial charge on any atom is -0.348 e. The molecule has 3 aromatic heterocycles. The first-order valence-electron chi connectivity index (χ1n) is 11.8. The molecule has 1 aliphatic carbocycles. The van der Waals surface area contributed by atoms with E-state index in [1.807, 2.05) is 18.5 Å². The normalized spacial score (nSPS) is 15.1. The molecule has 4 aromatic rings. The van der Waals surface area contributed by atoms with Crippen molar-refractivity contribution in [3.8, 4) is 0 Å². The maximum absolute atomic E-state index is 12.4. The van der Waals surface area contributed by atoms with Gasteiger partial charge in [-0.2, -0.15) is 0 Å². The van der Waals surface area contributed by atoms with E-state index in [1.54, 1.807) is 18.5 Å². The Labute approximate surface area is 209 Å². The van der Waals surface area contributed by atoms with E-state index in [2.05, 4.69) is 55.5 Å². The summed E-state index contributed by atoms with van der Waals surface area (Å²) in [4.78, 5) is 31.3. The van der Waals surface area contributed by atoms with E-state index in [0.29, 0.717) is 17.1 Å². The van der Waals surface area contributed by atoms with Crippen molar-refractivity contribution in [3.63, 3.8) is 0 Å². The van der Waals surface area contributed by atoms with Gasteiger partial charge in [0, 0.05) is 44.1 Å². The van der Waals surface area contributed by atoms with Gasteiger partial charge >= 0.3 is 0 Å². The molecule has 35 heavy (non-hydrogen) atoms. The number of rotatable bonds is 8. The van der Waals surface area contributed by atoms with Gasteiger partial charge < -0.3 is 10.3 Å². The summed E-state index contributed by atoms with van der Waals surface area (Å²) in [6.07, 6.45) is 11.9. The maximum atomic E-state index is 12.4. The molecule has 0 spiro atoms. The van der Waals surface area contributed by atoms with Crippen molar-refractivity contribution in [2.45, 2.75) is 44.9 Å². The topological polar surface area (TPSA) is 86.8 Å². The van der Waals surface area contributed by atoms with Crippen LogP contribution in [0.3, 0.4) is 0 Å². The Kier molecular flexibility index (Phi) is 7.16. The lowest BCUT2D eigenvalue weighted by atomic mass is 9.90. The summed E-state index contributed by atoms with van der Waals surface area (Å²) in [7, 11) is 0. The minimum atomic E-state index is -0.213. The molecule has 1 aromatic carbocycles. The van der Waals surface area contributed by atoms with Crippen molar-refractivity contribution in [3.05, 3.63) is 112 Å². The van der Waals surface area contributed by atoms with Crippen LogP contribution in [0.4, 0.5) is 0 Å². The summed E-state index contributed by atoms with van der Waals surface area (Å²) in [5.41, 5.74) is 5.17. The summed E-state index contributed by atoms with van der Waals surface area (Å²) < 4.78 is 0. The molecular weight excluding hydrogens is 460 g/mol. The lowest BCUT2D eigenvalue weighted by molar-refractivity contribution is 0.0951. The molecule has 8 heteroatoms. The number of halogens is 1. The van der Waals surface area contributed by atoms with E-state index < -0.39 is 0 Å². The van der Waals surface area contributed by atoms with Gasteiger partial charge in [-0.1, -0.05) is 41.9 Å². The average molecular weight is 487 g/mol. The van der Waals surface area contributed by atoms with Crippen LogP contribution >= 0.6 is 11.6 Å². The monoisotopic (exact) mass is 486 g/mol. The Hall–Kier alpha value is -3.55. The second-order valence-corrected chi connectivity index (χ2v) is 9.16. The first-order valence-corrected chi connectivity index (χ1v) is 12.2. The number of carbonyl (C=O) groups is 1. The number of aromatic nitrogens is 4. The highest BCUT2D eigenvalue weighted by Crippen LogP contribution is 2.34. The molecule has 0 radical (unpaired) electrons. The van der Waals surface area contributed by atoms with Crippen molar-refractivity contribution >= 4 is 17.5 Å². The Balaban J connectivity index is 1.28. The predicted octanol–water partition coefficient (Wildman–Crippen LogP) is 4.86. The molecule has 1 aliphatic rings. The molecule has 3 heterocycles. The first-order chi connectivity index (χ1) is 17.2. The SMILES string of the molecule is O=C(NCc1ccc(CN(Cc2ncc[nH]2)C2CCCc3cccnc32)cc1)c1ccncc1Cl. The molecule has 178 valence electrons. The Bertz CT molecular complexity index is 1280. The zero-order valence-electron chi connectivity index (χ0n) is 19.3. The molecular formula is C27H27ClN6O. The summed E-state index contributed by atoms with van der Waals surface area (Å²) in [5, 5.41) is 3.27. The van der Waals surface area contributed by atoms with Crippen molar-refractivity contribution in [1.82, 2.24) is 30.2 Å². The van der Waals surface area contributed by atoms with E-state index in [4.69, 9.17) is 16.6 Å². The third-order valence-electron chi connectivity index (χ3n) is 6.39. The Morgan fingerprint density at radius 1 is 1.06 bits per heavy atom. The highest BCUT2D eigenvalue weighted by molar-refractivity contribution is 6.33. The summed E-state index contributed by atoms with van der Waals surface area (Å²) in [5.74, 6) is 0.733. The molecule has 2 N–H and O–H groups in total. The number of imidazole rings is 1. The molecule has 0 saturated heterocycles. The summed E-state index contributed by atoms with van der Waals surface area (Å²) in [6, 6.07) is 14.4. The molecule has 0 bridgehead atoms. The molecule has 5 rings (SSSR count). The van der Waals surface area contributed by atoms with E-state index in [-0.39, 0.29) is 11.9 Å².